The molecular weight excluding hydrogens is 381 g/mol. The summed E-state index contributed by atoms with van der Waals surface area (Å²) in [5.41, 5.74) is -0.00331. The van der Waals surface area contributed by atoms with E-state index >= 15 is 0 Å². The number of amides is 3. The van der Waals surface area contributed by atoms with E-state index in [0.717, 1.165) is 0 Å². The standard InChI is InChI=1S/C17H26BN5O6/c1-2-3-14(18(27)28)22-16(25)12(10-15(24)23-6-8-29-9-7-23)21-17(26)13-11-19-4-5-20-13/h4-5,11-12,14,27-28H,2-3,6-10H2,1H3,(H,21,26)(H,22,25). The van der Waals surface area contributed by atoms with Crippen LogP contribution in [0.4, 0.5) is 0 Å². The van der Waals surface area contributed by atoms with Crippen molar-refractivity contribution in [2.75, 3.05) is 26.3 Å². The van der Waals surface area contributed by atoms with Gasteiger partial charge in [0.25, 0.3) is 5.91 Å². The van der Waals surface area contributed by atoms with Gasteiger partial charge in [-0.1, -0.05) is 13.3 Å². The molecule has 0 radical (unpaired) electrons. The van der Waals surface area contributed by atoms with Crippen LogP contribution in [0.1, 0.15) is 36.7 Å². The van der Waals surface area contributed by atoms with Crippen LogP contribution in [0.25, 0.3) is 0 Å². The molecule has 12 heteroatoms. The van der Waals surface area contributed by atoms with Gasteiger partial charge in [-0.15, -0.1) is 0 Å². The number of aromatic nitrogens is 2. The Kier molecular flexibility index (Phi) is 8.96. The second-order valence-electron chi connectivity index (χ2n) is 6.63. The largest absolute Gasteiger partial charge is 0.475 e. The van der Waals surface area contributed by atoms with Gasteiger partial charge in [-0.25, -0.2) is 4.98 Å². The van der Waals surface area contributed by atoms with Crippen LogP contribution in [0.2, 0.25) is 0 Å². The zero-order valence-electron chi connectivity index (χ0n) is 16.3. The van der Waals surface area contributed by atoms with Crippen molar-refractivity contribution in [3.8, 4) is 0 Å². The molecule has 1 aromatic heterocycles. The third-order valence-electron chi connectivity index (χ3n) is 4.45. The highest BCUT2D eigenvalue weighted by Gasteiger charge is 2.31. The monoisotopic (exact) mass is 407 g/mol. The van der Waals surface area contributed by atoms with Crippen molar-refractivity contribution in [3.05, 3.63) is 24.3 Å². The van der Waals surface area contributed by atoms with Gasteiger partial charge in [0.15, 0.2) is 0 Å². The van der Waals surface area contributed by atoms with E-state index in [9.17, 15) is 24.4 Å². The van der Waals surface area contributed by atoms with Crippen molar-refractivity contribution in [3.63, 3.8) is 0 Å². The van der Waals surface area contributed by atoms with E-state index in [0.29, 0.717) is 39.1 Å². The van der Waals surface area contributed by atoms with Crippen molar-refractivity contribution >= 4 is 24.8 Å². The number of ether oxygens (including phenoxy) is 1. The van der Waals surface area contributed by atoms with Crippen LogP contribution in [-0.2, 0) is 14.3 Å². The molecule has 2 atom stereocenters. The van der Waals surface area contributed by atoms with Gasteiger partial charge in [0.05, 0.1) is 31.8 Å². The maximum absolute atomic E-state index is 12.7. The number of carbonyl (C=O) groups is 3. The maximum atomic E-state index is 12.7. The summed E-state index contributed by atoms with van der Waals surface area (Å²) in [7, 11) is -1.76. The molecule has 0 bridgehead atoms. The predicted octanol–water partition coefficient (Wildman–Crippen LogP) is -1.88. The molecular formula is C17H26BN5O6. The number of morpholine rings is 1. The maximum Gasteiger partial charge on any atom is 0.475 e. The van der Waals surface area contributed by atoms with Gasteiger partial charge in [0.1, 0.15) is 11.7 Å². The summed E-state index contributed by atoms with van der Waals surface area (Å²) in [6.07, 6.45) is 4.63. The highest BCUT2D eigenvalue weighted by Crippen LogP contribution is 2.06. The van der Waals surface area contributed by atoms with Crippen LogP contribution in [0.5, 0.6) is 0 Å². The molecule has 1 fully saturated rings. The normalized spacial score (nSPS) is 15.9. The van der Waals surface area contributed by atoms with E-state index in [1.54, 1.807) is 4.90 Å². The smallest absolute Gasteiger partial charge is 0.426 e. The molecule has 0 spiro atoms. The lowest BCUT2D eigenvalue weighted by Crippen LogP contribution is -2.55. The summed E-state index contributed by atoms with van der Waals surface area (Å²) >= 11 is 0. The van der Waals surface area contributed by atoms with E-state index in [-0.39, 0.29) is 18.0 Å². The van der Waals surface area contributed by atoms with Gasteiger partial charge >= 0.3 is 7.12 Å². The topological polar surface area (TPSA) is 154 Å². The fourth-order valence-corrected chi connectivity index (χ4v) is 2.86. The molecule has 11 nitrogen and oxygen atoms in total. The van der Waals surface area contributed by atoms with Gasteiger partial charge in [-0.2, -0.15) is 0 Å². The minimum atomic E-state index is -1.76. The third-order valence-corrected chi connectivity index (χ3v) is 4.45. The summed E-state index contributed by atoms with van der Waals surface area (Å²) in [6, 6.07) is -1.21. The van der Waals surface area contributed by atoms with Gasteiger partial charge in [0, 0.05) is 25.5 Å². The van der Waals surface area contributed by atoms with E-state index < -0.39 is 30.9 Å². The number of nitrogens with one attached hydrogen (secondary N) is 2. The van der Waals surface area contributed by atoms with Crippen molar-refractivity contribution in [2.45, 2.75) is 38.2 Å². The molecule has 1 aliphatic heterocycles. The fourth-order valence-electron chi connectivity index (χ4n) is 2.86. The first-order valence-electron chi connectivity index (χ1n) is 9.51. The van der Waals surface area contributed by atoms with Crippen molar-refractivity contribution < 1.29 is 29.2 Å². The van der Waals surface area contributed by atoms with Crippen LogP contribution in [0.3, 0.4) is 0 Å². The van der Waals surface area contributed by atoms with Gasteiger partial charge < -0.3 is 30.3 Å². The first kappa shape index (κ1) is 22.7. The molecule has 0 aromatic carbocycles. The van der Waals surface area contributed by atoms with Crippen molar-refractivity contribution in [2.24, 2.45) is 0 Å². The Morgan fingerprint density at radius 2 is 1.97 bits per heavy atom. The molecule has 29 heavy (non-hydrogen) atoms. The second-order valence-corrected chi connectivity index (χ2v) is 6.63. The van der Waals surface area contributed by atoms with E-state index in [2.05, 4.69) is 20.6 Å². The zero-order valence-corrected chi connectivity index (χ0v) is 16.3. The SMILES string of the molecule is CCCC(NC(=O)C(CC(=O)N1CCOCC1)NC(=O)c1cnccn1)B(O)O. The molecule has 1 saturated heterocycles. The van der Waals surface area contributed by atoms with Crippen molar-refractivity contribution in [1.29, 1.82) is 0 Å². The van der Waals surface area contributed by atoms with E-state index in [4.69, 9.17) is 4.74 Å². The lowest BCUT2D eigenvalue weighted by molar-refractivity contribution is -0.138. The molecule has 158 valence electrons. The number of hydrogen-bond acceptors (Lipinski definition) is 8. The second kappa shape index (κ2) is 11.4. The first-order valence-corrected chi connectivity index (χ1v) is 9.51. The van der Waals surface area contributed by atoms with Crippen molar-refractivity contribution in [1.82, 2.24) is 25.5 Å². The number of hydrogen-bond donors (Lipinski definition) is 4. The summed E-state index contributed by atoms with van der Waals surface area (Å²) in [5, 5.41) is 23.9. The molecule has 2 rings (SSSR count). The first-order chi connectivity index (χ1) is 13.9. The van der Waals surface area contributed by atoms with Crippen LogP contribution in [-0.4, -0.2) is 88.0 Å². The lowest BCUT2D eigenvalue weighted by Gasteiger charge is -2.29. The average Bonchev–Trinajstić information content (AvgIpc) is 2.73. The molecule has 4 N–H and O–H groups in total. The summed E-state index contributed by atoms with van der Waals surface area (Å²) < 4.78 is 5.22. The zero-order chi connectivity index (χ0) is 21.2. The Balaban J connectivity index is 2.11. The van der Waals surface area contributed by atoms with Gasteiger partial charge in [-0.05, 0) is 6.42 Å². The van der Waals surface area contributed by atoms with Gasteiger partial charge in [0.2, 0.25) is 11.8 Å². The summed E-state index contributed by atoms with van der Waals surface area (Å²) in [6.45, 7) is 3.45. The van der Waals surface area contributed by atoms with Crippen LogP contribution >= 0.6 is 0 Å². The number of carbonyl (C=O) groups excluding carboxylic acids is 3. The molecule has 2 unspecified atom stereocenters. The molecule has 1 aromatic rings. The third kappa shape index (κ3) is 7.07. The van der Waals surface area contributed by atoms with Gasteiger partial charge in [-0.3, -0.25) is 19.4 Å². The van der Waals surface area contributed by atoms with Crippen LogP contribution < -0.4 is 10.6 Å². The highest BCUT2D eigenvalue weighted by atomic mass is 16.5. The molecule has 0 saturated carbocycles. The highest BCUT2D eigenvalue weighted by molar-refractivity contribution is 6.43. The molecule has 0 aliphatic carbocycles. The summed E-state index contributed by atoms with van der Waals surface area (Å²) in [5.74, 6) is -2.58. The lowest BCUT2D eigenvalue weighted by atomic mass is 9.76. The Morgan fingerprint density at radius 1 is 1.24 bits per heavy atom. The Bertz CT molecular complexity index is 686. The fraction of sp³-hybridized carbons (Fsp3) is 0.588. The Hall–Kier alpha value is -2.57. The van der Waals surface area contributed by atoms with E-state index in [1.807, 2.05) is 6.92 Å². The molecule has 3 amide bonds. The molecule has 2 heterocycles. The molecule has 1 aliphatic rings. The minimum absolute atomic E-state index is 0.00331. The number of nitrogens with zero attached hydrogens (tertiary/aromatic N) is 3. The predicted molar refractivity (Wildman–Crippen MR) is 102 cm³/mol. The quantitative estimate of drug-likeness (QED) is 0.347. The minimum Gasteiger partial charge on any atom is -0.426 e. The average molecular weight is 407 g/mol. The Morgan fingerprint density at radius 3 is 2.55 bits per heavy atom. The Labute approximate surface area is 169 Å². The summed E-state index contributed by atoms with van der Waals surface area (Å²) in [4.78, 5) is 47.0. The van der Waals surface area contributed by atoms with E-state index in [1.165, 1.54) is 18.6 Å². The van der Waals surface area contributed by atoms with Crippen LogP contribution in [0.15, 0.2) is 18.6 Å². The number of rotatable bonds is 9. The van der Waals surface area contributed by atoms with Crippen LogP contribution in [0, 0.1) is 0 Å².